The highest BCUT2D eigenvalue weighted by Crippen LogP contribution is 2.29. The first-order valence-electron chi connectivity index (χ1n) is 9.67. The van der Waals surface area contributed by atoms with Gasteiger partial charge in [-0.3, -0.25) is 4.90 Å². The molecule has 6 nitrogen and oxygen atoms in total. The van der Waals surface area contributed by atoms with Crippen LogP contribution in [0.1, 0.15) is 30.5 Å². The highest BCUT2D eigenvalue weighted by atomic mass is 16.5. The number of benzene rings is 1. The number of piperazine rings is 1. The zero-order chi connectivity index (χ0) is 20.3. The molecule has 1 aliphatic heterocycles. The third-order valence-electron chi connectivity index (χ3n) is 5.14. The van der Waals surface area contributed by atoms with Gasteiger partial charge in [-0.2, -0.15) is 0 Å². The van der Waals surface area contributed by atoms with Crippen LogP contribution in [0, 0.1) is 13.8 Å². The van der Waals surface area contributed by atoms with Crippen LogP contribution in [0.15, 0.2) is 36.5 Å². The van der Waals surface area contributed by atoms with E-state index in [1.807, 2.05) is 32.2 Å². The van der Waals surface area contributed by atoms with E-state index in [0.717, 1.165) is 49.7 Å². The van der Waals surface area contributed by atoms with Gasteiger partial charge in [0.15, 0.2) is 5.60 Å². The Morgan fingerprint density at radius 3 is 2.32 bits per heavy atom. The average molecular weight is 383 g/mol. The third kappa shape index (κ3) is 4.62. The molecule has 0 radical (unpaired) electrons. The van der Waals surface area contributed by atoms with Gasteiger partial charge in [-0.15, -0.1) is 0 Å². The molecule has 1 fully saturated rings. The summed E-state index contributed by atoms with van der Waals surface area (Å²) in [6, 6.07) is 10.2. The van der Waals surface area contributed by atoms with Crippen LogP contribution in [0.4, 0.5) is 5.82 Å². The first-order chi connectivity index (χ1) is 13.3. The zero-order valence-corrected chi connectivity index (χ0v) is 17.1. The monoisotopic (exact) mass is 383 g/mol. The number of carboxylic acids is 1. The molecule has 1 saturated heterocycles. The van der Waals surface area contributed by atoms with Gasteiger partial charge in [-0.05, 0) is 56.5 Å². The number of ether oxygens (including phenoxy) is 1. The van der Waals surface area contributed by atoms with E-state index in [9.17, 15) is 9.90 Å². The summed E-state index contributed by atoms with van der Waals surface area (Å²) < 4.78 is 5.81. The molecule has 0 unspecified atom stereocenters. The Morgan fingerprint density at radius 2 is 1.79 bits per heavy atom. The highest BCUT2D eigenvalue weighted by Gasteiger charge is 2.30. The lowest BCUT2D eigenvalue weighted by Crippen LogP contribution is -2.46. The molecule has 1 aromatic heterocycles. The molecule has 150 valence electrons. The Labute approximate surface area is 166 Å². The molecule has 1 N–H and O–H groups in total. The molecular formula is C22H29N3O3. The van der Waals surface area contributed by atoms with Crippen molar-refractivity contribution < 1.29 is 14.6 Å². The predicted octanol–water partition coefficient (Wildman–Crippen LogP) is 3.26. The van der Waals surface area contributed by atoms with E-state index in [-0.39, 0.29) is 0 Å². The summed E-state index contributed by atoms with van der Waals surface area (Å²) in [5, 5.41) is 9.32. The van der Waals surface area contributed by atoms with Crippen molar-refractivity contribution in [3.05, 3.63) is 53.2 Å². The van der Waals surface area contributed by atoms with Crippen molar-refractivity contribution >= 4 is 11.8 Å². The largest absolute Gasteiger partial charge is 0.478 e. The lowest BCUT2D eigenvalue weighted by molar-refractivity contribution is -0.152. The Balaban J connectivity index is 1.63. The van der Waals surface area contributed by atoms with Crippen molar-refractivity contribution in [2.45, 2.75) is 39.8 Å². The number of pyridine rings is 1. The van der Waals surface area contributed by atoms with Crippen molar-refractivity contribution in [3.63, 3.8) is 0 Å². The van der Waals surface area contributed by atoms with Gasteiger partial charge in [0.2, 0.25) is 0 Å². The van der Waals surface area contributed by atoms with Crippen LogP contribution in [0.2, 0.25) is 0 Å². The first-order valence-corrected chi connectivity index (χ1v) is 9.67. The molecule has 0 saturated carbocycles. The fourth-order valence-corrected chi connectivity index (χ4v) is 3.53. The van der Waals surface area contributed by atoms with Crippen LogP contribution < -0.4 is 9.64 Å². The second-order valence-corrected chi connectivity index (χ2v) is 7.93. The summed E-state index contributed by atoms with van der Waals surface area (Å²) in [4.78, 5) is 20.6. The SMILES string of the molecule is Cc1cc(CN2CCN(c3ccccn3)CC2)cc(C)c1OC(C)(C)C(=O)O. The number of nitrogens with zero attached hydrogens (tertiary/aromatic N) is 3. The quantitative estimate of drug-likeness (QED) is 0.826. The van der Waals surface area contributed by atoms with Crippen molar-refractivity contribution in [1.29, 1.82) is 0 Å². The van der Waals surface area contributed by atoms with Gasteiger partial charge in [-0.1, -0.05) is 18.2 Å². The van der Waals surface area contributed by atoms with E-state index < -0.39 is 11.6 Å². The van der Waals surface area contributed by atoms with E-state index >= 15 is 0 Å². The van der Waals surface area contributed by atoms with Crippen molar-refractivity contribution in [1.82, 2.24) is 9.88 Å². The second-order valence-electron chi connectivity index (χ2n) is 7.93. The predicted molar refractivity (Wildman–Crippen MR) is 110 cm³/mol. The fraction of sp³-hybridized carbons (Fsp3) is 0.455. The van der Waals surface area contributed by atoms with Crippen LogP contribution in [-0.4, -0.2) is 52.7 Å². The summed E-state index contributed by atoms with van der Waals surface area (Å²) in [6.45, 7) is 11.9. The van der Waals surface area contributed by atoms with Gasteiger partial charge in [0, 0.05) is 38.9 Å². The van der Waals surface area contributed by atoms with Gasteiger partial charge < -0.3 is 14.7 Å². The van der Waals surface area contributed by atoms with Crippen LogP contribution >= 0.6 is 0 Å². The Morgan fingerprint density at radius 1 is 1.14 bits per heavy atom. The van der Waals surface area contributed by atoms with Crippen LogP contribution in [0.5, 0.6) is 5.75 Å². The van der Waals surface area contributed by atoms with Crippen molar-refractivity contribution in [3.8, 4) is 5.75 Å². The summed E-state index contributed by atoms with van der Waals surface area (Å²) >= 11 is 0. The summed E-state index contributed by atoms with van der Waals surface area (Å²) in [5.74, 6) is 0.730. The Bertz CT molecular complexity index is 805. The standard InChI is InChI=1S/C22H29N3O3/c1-16-13-18(14-17(2)20(16)28-22(3,4)21(26)27)15-24-9-11-25(12-10-24)19-7-5-6-8-23-19/h5-8,13-14H,9-12,15H2,1-4H3,(H,26,27). The maximum Gasteiger partial charge on any atom is 0.347 e. The van der Waals surface area contributed by atoms with Gasteiger partial charge in [0.25, 0.3) is 0 Å². The lowest BCUT2D eigenvalue weighted by atomic mass is 10.0. The summed E-state index contributed by atoms with van der Waals surface area (Å²) in [7, 11) is 0. The molecule has 0 amide bonds. The first kappa shape index (κ1) is 20.1. The Hall–Kier alpha value is -2.60. The molecule has 3 rings (SSSR count). The number of aliphatic carboxylic acids is 1. The number of aromatic nitrogens is 1. The number of carboxylic acid groups (broad SMARTS) is 1. The van der Waals surface area contributed by atoms with Gasteiger partial charge in [-0.25, -0.2) is 9.78 Å². The van der Waals surface area contributed by atoms with E-state index in [2.05, 4.69) is 33.0 Å². The number of rotatable bonds is 6. The van der Waals surface area contributed by atoms with Crippen LogP contribution in [0.3, 0.4) is 0 Å². The number of anilines is 1. The average Bonchev–Trinajstić information content (AvgIpc) is 2.66. The third-order valence-corrected chi connectivity index (χ3v) is 5.14. The van der Waals surface area contributed by atoms with E-state index in [1.54, 1.807) is 13.8 Å². The molecule has 2 heterocycles. The molecule has 2 aromatic rings. The lowest BCUT2D eigenvalue weighted by Gasteiger charge is -2.35. The van der Waals surface area contributed by atoms with Crippen LogP contribution in [-0.2, 0) is 11.3 Å². The van der Waals surface area contributed by atoms with E-state index in [0.29, 0.717) is 5.75 Å². The minimum absolute atomic E-state index is 0.663. The number of aryl methyl sites for hydroxylation is 2. The molecule has 0 aliphatic carbocycles. The smallest absolute Gasteiger partial charge is 0.347 e. The van der Waals surface area contributed by atoms with Gasteiger partial charge in [0.1, 0.15) is 11.6 Å². The molecule has 1 aromatic carbocycles. The molecule has 0 bridgehead atoms. The highest BCUT2D eigenvalue weighted by molar-refractivity contribution is 5.77. The minimum atomic E-state index is -1.25. The maximum absolute atomic E-state index is 11.4. The number of hydrogen-bond acceptors (Lipinski definition) is 5. The molecular weight excluding hydrogens is 354 g/mol. The van der Waals surface area contributed by atoms with E-state index in [1.165, 1.54) is 5.56 Å². The van der Waals surface area contributed by atoms with Gasteiger partial charge >= 0.3 is 5.97 Å². The number of hydrogen-bond donors (Lipinski definition) is 1. The van der Waals surface area contributed by atoms with E-state index in [4.69, 9.17) is 4.74 Å². The van der Waals surface area contributed by atoms with Crippen LogP contribution in [0.25, 0.3) is 0 Å². The minimum Gasteiger partial charge on any atom is -0.478 e. The topological polar surface area (TPSA) is 65.9 Å². The number of carbonyl (C=O) groups is 1. The molecule has 6 heteroatoms. The van der Waals surface area contributed by atoms with Crippen molar-refractivity contribution in [2.75, 3.05) is 31.1 Å². The Kier molecular flexibility index (Phi) is 5.89. The molecule has 0 spiro atoms. The fourth-order valence-electron chi connectivity index (χ4n) is 3.53. The zero-order valence-electron chi connectivity index (χ0n) is 17.1. The maximum atomic E-state index is 11.4. The van der Waals surface area contributed by atoms with Gasteiger partial charge in [0.05, 0.1) is 0 Å². The van der Waals surface area contributed by atoms with Crippen molar-refractivity contribution in [2.24, 2.45) is 0 Å². The molecule has 1 aliphatic rings. The normalized spacial score (nSPS) is 15.5. The molecule has 28 heavy (non-hydrogen) atoms. The molecule has 0 atom stereocenters. The summed E-state index contributed by atoms with van der Waals surface area (Å²) in [5.41, 5.74) is 1.91. The second kappa shape index (κ2) is 8.19. The summed E-state index contributed by atoms with van der Waals surface area (Å²) in [6.07, 6.45) is 1.84.